The van der Waals surface area contributed by atoms with Crippen molar-refractivity contribution < 1.29 is 8.42 Å². The summed E-state index contributed by atoms with van der Waals surface area (Å²) in [7, 11) is -2.70. The largest absolute Gasteiger partial charge is 0.311 e. The third-order valence-corrected chi connectivity index (χ3v) is 5.10. The van der Waals surface area contributed by atoms with Gasteiger partial charge in [-0.3, -0.25) is 0 Å². The van der Waals surface area contributed by atoms with Gasteiger partial charge in [0.15, 0.2) is 0 Å². The molecule has 1 unspecified atom stereocenters. The van der Waals surface area contributed by atoms with Crippen LogP contribution in [0.15, 0.2) is 0 Å². The lowest BCUT2D eigenvalue weighted by atomic mass is 10.1. The Hall–Kier alpha value is -0.0900. The Morgan fingerprint density at radius 1 is 1.14 bits per heavy atom. The Kier molecular flexibility index (Phi) is 2.84. The van der Waals surface area contributed by atoms with E-state index in [1.165, 1.54) is 12.8 Å². The highest BCUT2D eigenvalue weighted by molar-refractivity contribution is 7.91. The molecule has 0 amide bonds. The predicted octanol–water partition coefficient (Wildman–Crippen LogP) is 0.952. The van der Waals surface area contributed by atoms with Gasteiger partial charge in [-0.15, -0.1) is 0 Å². The van der Waals surface area contributed by atoms with Crippen LogP contribution in [0.4, 0.5) is 0 Å². The minimum atomic E-state index is -2.70. The maximum Gasteiger partial charge on any atom is 0.150 e. The van der Waals surface area contributed by atoms with Crippen LogP contribution in [0.1, 0.15) is 32.6 Å². The van der Waals surface area contributed by atoms with Crippen LogP contribution in [0.5, 0.6) is 0 Å². The highest BCUT2D eigenvalue weighted by Gasteiger charge is 2.31. The molecule has 82 valence electrons. The molecule has 0 aromatic heterocycles. The summed E-state index contributed by atoms with van der Waals surface area (Å²) >= 11 is 0. The minimum Gasteiger partial charge on any atom is -0.311 e. The van der Waals surface area contributed by atoms with Crippen LogP contribution in [0.3, 0.4) is 0 Å². The van der Waals surface area contributed by atoms with Crippen molar-refractivity contribution in [3.05, 3.63) is 0 Å². The molecular weight excluding hydrogens is 198 g/mol. The summed E-state index contributed by atoms with van der Waals surface area (Å²) in [4.78, 5) is 0. The predicted molar refractivity (Wildman–Crippen MR) is 57.0 cm³/mol. The molecule has 1 heterocycles. The average molecular weight is 217 g/mol. The maximum absolute atomic E-state index is 11.2. The van der Waals surface area contributed by atoms with E-state index in [0.717, 1.165) is 18.8 Å². The van der Waals surface area contributed by atoms with E-state index >= 15 is 0 Å². The standard InChI is InChI=1S/C10H19NO2S/c1-8(9-2-3-9)11-10-4-6-14(12,13)7-5-10/h8-11H,2-7H2,1H3. The Morgan fingerprint density at radius 3 is 2.21 bits per heavy atom. The van der Waals surface area contributed by atoms with Gasteiger partial charge in [-0.25, -0.2) is 8.42 Å². The molecule has 4 heteroatoms. The first-order chi connectivity index (χ1) is 6.57. The van der Waals surface area contributed by atoms with E-state index in [0.29, 0.717) is 23.6 Å². The molecule has 14 heavy (non-hydrogen) atoms. The summed E-state index contributed by atoms with van der Waals surface area (Å²) in [6.07, 6.45) is 4.30. The van der Waals surface area contributed by atoms with Crippen LogP contribution in [-0.4, -0.2) is 32.0 Å². The highest BCUT2D eigenvalue weighted by atomic mass is 32.2. The molecule has 1 N–H and O–H groups in total. The van der Waals surface area contributed by atoms with Crippen molar-refractivity contribution in [1.29, 1.82) is 0 Å². The third kappa shape index (κ3) is 2.70. The smallest absolute Gasteiger partial charge is 0.150 e. The van der Waals surface area contributed by atoms with Gasteiger partial charge in [-0.05, 0) is 38.5 Å². The van der Waals surface area contributed by atoms with Crippen molar-refractivity contribution in [1.82, 2.24) is 5.32 Å². The number of rotatable bonds is 3. The van der Waals surface area contributed by atoms with Crippen molar-refractivity contribution in [2.75, 3.05) is 11.5 Å². The number of sulfone groups is 1. The van der Waals surface area contributed by atoms with Gasteiger partial charge in [0.2, 0.25) is 0 Å². The number of hydrogen-bond donors (Lipinski definition) is 1. The van der Waals surface area contributed by atoms with Crippen LogP contribution in [0.2, 0.25) is 0 Å². The van der Waals surface area contributed by atoms with Crippen LogP contribution >= 0.6 is 0 Å². The molecule has 1 aliphatic carbocycles. The normalized spacial score (nSPS) is 30.1. The maximum atomic E-state index is 11.2. The van der Waals surface area contributed by atoms with E-state index in [2.05, 4.69) is 12.2 Å². The molecule has 2 aliphatic rings. The second-order valence-electron chi connectivity index (χ2n) is 4.72. The second-order valence-corrected chi connectivity index (χ2v) is 7.02. The SMILES string of the molecule is CC(NC1CCS(=O)(=O)CC1)C1CC1. The van der Waals surface area contributed by atoms with E-state index < -0.39 is 9.84 Å². The zero-order chi connectivity index (χ0) is 10.2. The molecule has 0 bridgehead atoms. The van der Waals surface area contributed by atoms with Crippen LogP contribution in [0, 0.1) is 5.92 Å². The van der Waals surface area contributed by atoms with Gasteiger partial charge < -0.3 is 5.32 Å². The van der Waals surface area contributed by atoms with Gasteiger partial charge in [0.05, 0.1) is 11.5 Å². The van der Waals surface area contributed by atoms with E-state index in [4.69, 9.17) is 0 Å². The molecule has 0 aromatic carbocycles. The summed E-state index contributed by atoms with van der Waals surface area (Å²) in [6.45, 7) is 2.22. The molecule has 2 rings (SSSR count). The van der Waals surface area contributed by atoms with E-state index in [1.54, 1.807) is 0 Å². The molecule has 1 atom stereocenters. The second kappa shape index (κ2) is 3.81. The van der Waals surface area contributed by atoms with Crippen molar-refractivity contribution in [3.63, 3.8) is 0 Å². The molecule has 1 aliphatic heterocycles. The van der Waals surface area contributed by atoms with Crippen LogP contribution < -0.4 is 5.32 Å². The summed E-state index contributed by atoms with van der Waals surface area (Å²) in [5.41, 5.74) is 0. The Labute approximate surface area is 86.2 Å². The third-order valence-electron chi connectivity index (χ3n) is 3.38. The lowest BCUT2D eigenvalue weighted by Crippen LogP contribution is -2.42. The first-order valence-corrected chi connectivity index (χ1v) is 7.35. The average Bonchev–Trinajstić information content (AvgIpc) is 2.91. The summed E-state index contributed by atoms with van der Waals surface area (Å²) in [5, 5.41) is 3.55. The van der Waals surface area contributed by atoms with Gasteiger partial charge in [-0.2, -0.15) is 0 Å². The summed E-state index contributed by atoms with van der Waals surface area (Å²) in [5.74, 6) is 1.61. The molecular formula is C10H19NO2S. The number of nitrogens with one attached hydrogen (secondary N) is 1. The van der Waals surface area contributed by atoms with E-state index in [9.17, 15) is 8.42 Å². The lowest BCUT2D eigenvalue weighted by molar-refractivity contribution is 0.389. The molecule has 0 radical (unpaired) electrons. The Morgan fingerprint density at radius 2 is 1.71 bits per heavy atom. The summed E-state index contributed by atoms with van der Waals surface area (Å²) < 4.78 is 22.4. The first kappa shape index (κ1) is 10.4. The Bertz CT molecular complexity index is 281. The van der Waals surface area contributed by atoms with Crippen LogP contribution in [0.25, 0.3) is 0 Å². The topological polar surface area (TPSA) is 46.2 Å². The molecule has 0 aromatic rings. The molecule has 2 fully saturated rings. The zero-order valence-electron chi connectivity index (χ0n) is 8.70. The first-order valence-electron chi connectivity index (χ1n) is 5.53. The molecule has 3 nitrogen and oxygen atoms in total. The minimum absolute atomic E-state index is 0.377. The Balaban J connectivity index is 1.77. The highest BCUT2D eigenvalue weighted by Crippen LogP contribution is 2.32. The fourth-order valence-electron chi connectivity index (χ4n) is 2.16. The van der Waals surface area contributed by atoms with E-state index in [-0.39, 0.29) is 0 Å². The molecule has 1 saturated heterocycles. The van der Waals surface area contributed by atoms with Gasteiger partial charge in [0.25, 0.3) is 0 Å². The zero-order valence-corrected chi connectivity index (χ0v) is 9.52. The summed E-state index contributed by atoms with van der Waals surface area (Å²) in [6, 6.07) is 1.02. The lowest BCUT2D eigenvalue weighted by Gasteiger charge is -2.26. The molecule has 0 spiro atoms. The fourth-order valence-corrected chi connectivity index (χ4v) is 3.65. The van der Waals surface area contributed by atoms with Crippen molar-refractivity contribution in [2.24, 2.45) is 5.92 Å². The van der Waals surface area contributed by atoms with Crippen LogP contribution in [-0.2, 0) is 9.84 Å². The van der Waals surface area contributed by atoms with Gasteiger partial charge in [-0.1, -0.05) is 0 Å². The quantitative estimate of drug-likeness (QED) is 0.765. The number of hydrogen-bond acceptors (Lipinski definition) is 3. The monoisotopic (exact) mass is 217 g/mol. The van der Waals surface area contributed by atoms with Gasteiger partial charge in [0, 0.05) is 12.1 Å². The van der Waals surface area contributed by atoms with Crippen molar-refractivity contribution in [2.45, 2.75) is 44.7 Å². The fraction of sp³-hybridized carbons (Fsp3) is 1.00. The van der Waals surface area contributed by atoms with Crippen molar-refractivity contribution >= 4 is 9.84 Å². The van der Waals surface area contributed by atoms with E-state index in [1.807, 2.05) is 0 Å². The van der Waals surface area contributed by atoms with Crippen molar-refractivity contribution in [3.8, 4) is 0 Å². The van der Waals surface area contributed by atoms with Gasteiger partial charge in [0.1, 0.15) is 9.84 Å². The van der Waals surface area contributed by atoms with Gasteiger partial charge >= 0.3 is 0 Å². The molecule has 1 saturated carbocycles.